The van der Waals surface area contributed by atoms with Gasteiger partial charge in [-0.3, -0.25) is 9.36 Å². The van der Waals surface area contributed by atoms with Gasteiger partial charge in [0.2, 0.25) is 5.95 Å². The summed E-state index contributed by atoms with van der Waals surface area (Å²) in [5.41, 5.74) is 3.86. The lowest BCUT2D eigenvalue weighted by Crippen LogP contribution is -2.44. The summed E-state index contributed by atoms with van der Waals surface area (Å²) >= 11 is 6.46. The molecule has 0 aliphatic carbocycles. The molecule has 7 nitrogen and oxygen atoms in total. The van der Waals surface area contributed by atoms with E-state index < -0.39 is 0 Å². The minimum Gasteiger partial charge on any atom is -0.369 e. The zero-order chi connectivity index (χ0) is 24.6. The predicted molar refractivity (Wildman–Crippen MR) is 147 cm³/mol. The van der Waals surface area contributed by atoms with Crippen molar-refractivity contribution in [3.05, 3.63) is 94.4 Å². The van der Waals surface area contributed by atoms with Crippen LogP contribution < -0.4 is 15.8 Å². The normalized spacial score (nSPS) is 14.4. The van der Waals surface area contributed by atoms with Crippen molar-refractivity contribution in [2.75, 3.05) is 43.4 Å². The summed E-state index contributed by atoms with van der Waals surface area (Å²) in [4.78, 5) is 27.5. The lowest BCUT2D eigenvalue weighted by atomic mass is 10.1. The van der Waals surface area contributed by atoms with E-state index in [2.05, 4.69) is 39.3 Å². The third-order valence-electron chi connectivity index (χ3n) is 6.71. The Bertz CT molecular complexity index is 1620. The van der Waals surface area contributed by atoms with Crippen LogP contribution in [-0.2, 0) is 0 Å². The van der Waals surface area contributed by atoms with Gasteiger partial charge in [0.25, 0.3) is 5.56 Å². The summed E-state index contributed by atoms with van der Waals surface area (Å²) < 4.78 is 1.63. The highest BCUT2D eigenvalue weighted by atomic mass is 35.5. The number of benzene rings is 3. The molecular weight excluding hydrogens is 472 g/mol. The van der Waals surface area contributed by atoms with Crippen LogP contribution in [0.15, 0.2) is 83.8 Å². The van der Waals surface area contributed by atoms with Gasteiger partial charge in [-0.1, -0.05) is 41.9 Å². The van der Waals surface area contributed by atoms with E-state index in [0.717, 1.165) is 42.8 Å². The smallest absolute Gasteiger partial charge is 0.266 e. The Kier molecular flexibility index (Phi) is 5.79. The SMILES string of the molecule is CN1CCN(c2ccc(Nc3ncc4c(=O)n(-c5ccccc5Cl)c5ccccc5c4n3)cc2)CC1. The summed E-state index contributed by atoms with van der Waals surface area (Å²) in [7, 11) is 2.16. The number of halogens is 1. The minimum atomic E-state index is -0.208. The highest BCUT2D eigenvalue weighted by Gasteiger charge is 2.17. The highest BCUT2D eigenvalue weighted by molar-refractivity contribution is 6.32. The van der Waals surface area contributed by atoms with Crippen LogP contribution in [0.4, 0.5) is 17.3 Å². The molecule has 1 saturated heterocycles. The largest absolute Gasteiger partial charge is 0.369 e. The zero-order valence-electron chi connectivity index (χ0n) is 19.9. The molecule has 1 N–H and O–H groups in total. The zero-order valence-corrected chi connectivity index (χ0v) is 20.6. The van der Waals surface area contributed by atoms with E-state index >= 15 is 0 Å². The molecule has 180 valence electrons. The molecule has 3 aromatic carbocycles. The maximum absolute atomic E-state index is 13.6. The first-order valence-electron chi connectivity index (χ1n) is 11.9. The molecule has 1 fully saturated rings. The maximum Gasteiger partial charge on any atom is 0.266 e. The number of para-hydroxylation sites is 2. The quantitative estimate of drug-likeness (QED) is 0.350. The van der Waals surface area contributed by atoms with Gasteiger partial charge in [0.05, 0.1) is 27.1 Å². The number of nitrogens with zero attached hydrogens (tertiary/aromatic N) is 5. The summed E-state index contributed by atoms with van der Waals surface area (Å²) in [6.07, 6.45) is 1.59. The number of hydrogen-bond donors (Lipinski definition) is 1. The summed E-state index contributed by atoms with van der Waals surface area (Å²) in [6, 6.07) is 23.4. The minimum absolute atomic E-state index is 0.208. The molecule has 8 heteroatoms. The lowest BCUT2D eigenvalue weighted by molar-refractivity contribution is 0.313. The van der Waals surface area contributed by atoms with E-state index in [-0.39, 0.29) is 5.56 Å². The van der Waals surface area contributed by atoms with Gasteiger partial charge < -0.3 is 15.1 Å². The molecule has 0 spiro atoms. The predicted octanol–water partition coefficient (Wildman–Crippen LogP) is 5.08. The van der Waals surface area contributed by atoms with E-state index in [9.17, 15) is 4.79 Å². The van der Waals surface area contributed by atoms with Crippen LogP contribution in [0, 0.1) is 0 Å². The van der Waals surface area contributed by atoms with Gasteiger partial charge in [0.1, 0.15) is 0 Å². The third kappa shape index (κ3) is 4.06. The van der Waals surface area contributed by atoms with Crippen LogP contribution in [0.25, 0.3) is 27.5 Å². The van der Waals surface area contributed by atoms with Gasteiger partial charge in [0, 0.05) is 49.1 Å². The van der Waals surface area contributed by atoms with Gasteiger partial charge in [-0.2, -0.15) is 0 Å². The number of hydrogen-bond acceptors (Lipinski definition) is 6. The molecule has 0 radical (unpaired) electrons. The van der Waals surface area contributed by atoms with Crippen molar-refractivity contribution < 1.29 is 0 Å². The second-order valence-corrected chi connectivity index (χ2v) is 9.43. The first-order valence-corrected chi connectivity index (χ1v) is 12.3. The number of fused-ring (bicyclic) bond motifs is 3. The molecule has 1 aliphatic rings. The Morgan fingerprint density at radius 2 is 1.58 bits per heavy atom. The van der Waals surface area contributed by atoms with Crippen LogP contribution in [0.1, 0.15) is 0 Å². The molecule has 6 rings (SSSR count). The van der Waals surface area contributed by atoms with Crippen LogP contribution in [0.5, 0.6) is 0 Å². The number of nitrogens with one attached hydrogen (secondary N) is 1. The second kappa shape index (κ2) is 9.26. The molecule has 2 aromatic heterocycles. The molecule has 3 heterocycles. The van der Waals surface area contributed by atoms with Crippen LogP contribution in [0.2, 0.25) is 5.02 Å². The average Bonchev–Trinajstić information content (AvgIpc) is 2.91. The van der Waals surface area contributed by atoms with Crippen LogP contribution >= 0.6 is 11.6 Å². The van der Waals surface area contributed by atoms with Crippen molar-refractivity contribution >= 4 is 50.7 Å². The first-order chi connectivity index (χ1) is 17.6. The number of aromatic nitrogens is 3. The lowest BCUT2D eigenvalue weighted by Gasteiger charge is -2.34. The molecule has 5 aromatic rings. The van der Waals surface area contributed by atoms with Gasteiger partial charge >= 0.3 is 0 Å². The molecule has 36 heavy (non-hydrogen) atoms. The Morgan fingerprint density at radius 1 is 0.861 bits per heavy atom. The Balaban J connectivity index is 1.37. The number of pyridine rings is 1. The van der Waals surface area contributed by atoms with Gasteiger partial charge in [-0.25, -0.2) is 9.97 Å². The van der Waals surface area contributed by atoms with Crippen molar-refractivity contribution in [3.8, 4) is 5.69 Å². The fraction of sp³-hybridized carbons (Fsp3) is 0.179. The third-order valence-corrected chi connectivity index (χ3v) is 7.03. The van der Waals surface area contributed by atoms with E-state index in [1.54, 1.807) is 16.8 Å². The van der Waals surface area contributed by atoms with Gasteiger partial charge in [0.15, 0.2) is 0 Å². The van der Waals surface area contributed by atoms with Crippen LogP contribution in [-0.4, -0.2) is 52.7 Å². The highest BCUT2D eigenvalue weighted by Crippen LogP contribution is 2.28. The van der Waals surface area contributed by atoms with Crippen molar-refractivity contribution in [1.82, 2.24) is 19.4 Å². The number of likely N-dealkylation sites (N-methyl/N-ethyl adjacent to an activating group) is 1. The summed E-state index contributed by atoms with van der Waals surface area (Å²) in [6.45, 7) is 4.18. The van der Waals surface area contributed by atoms with Crippen molar-refractivity contribution in [2.45, 2.75) is 0 Å². The molecular formula is C28H25ClN6O. The van der Waals surface area contributed by atoms with E-state index in [0.29, 0.717) is 27.6 Å². The van der Waals surface area contributed by atoms with E-state index in [1.165, 1.54) is 5.69 Å². The number of rotatable bonds is 4. The Morgan fingerprint density at radius 3 is 2.36 bits per heavy atom. The molecule has 0 bridgehead atoms. The topological polar surface area (TPSA) is 66.3 Å². The van der Waals surface area contributed by atoms with E-state index in [4.69, 9.17) is 16.6 Å². The molecule has 0 atom stereocenters. The monoisotopic (exact) mass is 496 g/mol. The molecule has 1 aliphatic heterocycles. The number of anilines is 3. The van der Waals surface area contributed by atoms with Crippen molar-refractivity contribution in [3.63, 3.8) is 0 Å². The van der Waals surface area contributed by atoms with Crippen LogP contribution in [0.3, 0.4) is 0 Å². The van der Waals surface area contributed by atoms with Gasteiger partial charge in [-0.05, 0) is 49.5 Å². The van der Waals surface area contributed by atoms with Crippen molar-refractivity contribution in [2.24, 2.45) is 0 Å². The fourth-order valence-corrected chi connectivity index (χ4v) is 4.94. The second-order valence-electron chi connectivity index (χ2n) is 9.03. The average molecular weight is 497 g/mol. The summed E-state index contributed by atoms with van der Waals surface area (Å²) in [5, 5.41) is 5.08. The fourth-order valence-electron chi connectivity index (χ4n) is 4.72. The molecule has 0 unspecified atom stereocenters. The molecule has 0 saturated carbocycles. The Labute approximate surface area is 213 Å². The maximum atomic E-state index is 13.6. The number of piperazine rings is 1. The van der Waals surface area contributed by atoms with E-state index in [1.807, 2.05) is 54.6 Å². The standard InChI is InChI=1S/C28H25ClN6O/c1-33-14-16-34(17-15-33)20-12-10-19(11-13-20)31-28-30-18-22-26(32-28)21-6-2-4-8-24(21)35(27(22)36)25-9-5-3-7-23(25)29/h2-13,18H,14-17H2,1H3,(H,30,31,32). The molecule has 0 amide bonds. The van der Waals surface area contributed by atoms with Crippen molar-refractivity contribution in [1.29, 1.82) is 0 Å². The Hall–Kier alpha value is -3.94. The summed E-state index contributed by atoms with van der Waals surface area (Å²) in [5.74, 6) is 0.440. The van der Waals surface area contributed by atoms with Gasteiger partial charge in [-0.15, -0.1) is 0 Å². The first kappa shape index (κ1) is 22.5.